The molecule has 2 rings (SSSR count). The highest BCUT2D eigenvalue weighted by Gasteiger charge is 2.06. The first-order chi connectivity index (χ1) is 9.69. The molecule has 0 bridgehead atoms. The Bertz CT molecular complexity index is 518. The second-order valence-corrected chi connectivity index (χ2v) is 6.40. The lowest BCUT2D eigenvalue weighted by Gasteiger charge is -2.14. The minimum Gasteiger partial charge on any atom is -0.494 e. The van der Waals surface area contributed by atoms with Gasteiger partial charge in [0.15, 0.2) is 0 Å². The molecule has 1 heterocycles. The lowest BCUT2D eigenvalue weighted by atomic mass is 10.1. The highest BCUT2D eigenvalue weighted by molar-refractivity contribution is 7.11. The molecular weight excluding hydrogens is 266 g/mol. The molecule has 0 saturated heterocycles. The highest BCUT2D eigenvalue weighted by Crippen LogP contribution is 2.20. The van der Waals surface area contributed by atoms with E-state index in [-0.39, 0.29) is 0 Å². The smallest absolute Gasteiger partial charge is 0.119 e. The van der Waals surface area contributed by atoms with E-state index in [0.717, 1.165) is 25.3 Å². The number of hydrogen-bond acceptors (Lipinski definition) is 3. The maximum atomic E-state index is 5.60. The molecule has 1 unspecified atom stereocenters. The van der Waals surface area contributed by atoms with Crippen molar-refractivity contribution in [3.05, 3.63) is 51.7 Å². The van der Waals surface area contributed by atoms with Crippen molar-refractivity contribution < 1.29 is 4.74 Å². The van der Waals surface area contributed by atoms with E-state index in [1.54, 1.807) is 0 Å². The summed E-state index contributed by atoms with van der Waals surface area (Å²) >= 11 is 1.85. The van der Waals surface area contributed by atoms with Crippen molar-refractivity contribution in [2.24, 2.45) is 0 Å². The van der Waals surface area contributed by atoms with Gasteiger partial charge in [0.1, 0.15) is 5.75 Å². The van der Waals surface area contributed by atoms with Crippen molar-refractivity contribution in [1.29, 1.82) is 0 Å². The van der Waals surface area contributed by atoms with Crippen LogP contribution in [0.5, 0.6) is 5.75 Å². The van der Waals surface area contributed by atoms with Gasteiger partial charge in [-0.15, -0.1) is 11.3 Å². The van der Waals surface area contributed by atoms with E-state index in [9.17, 15) is 0 Å². The lowest BCUT2D eigenvalue weighted by molar-refractivity contribution is 0.317. The number of hydrogen-bond donors (Lipinski definition) is 1. The molecule has 2 aromatic rings. The average molecular weight is 289 g/mol. The SMILES string of the molecule is CCCOc1ccc(C(C)NCc2ccc(C)s2)cc1. The molecule has 108 valence electrons. The molecule has 1 aromatic heterocycles. The van der Waals surface area contributed by atoms with Crippen LogP contribution in [0.4, 0.5) is 0 Å². The fraction of sp³-hybridized carbons (Fsp3) is 0.412. The third-order valence-electron chi connectivity index (χ3n) is 3.23. The largest absolute Gasteiger partial charge is 0.494 e. The van der Waals surface area contributed by atoms with Crippen LogP contribution < -0.4 is 10.1 Å². The van der Waals surface area contributed by atoms with Gasteiger partial charge < -0.3 is 10.1 Å². The number of nitrogens with one attached hydrogen (secondary N) is 1. The van der Waals surface area contributed by atoms with Crippen LogP contribution in [0.1, 0.15) is 41.6 Å². The summed E-state index contributed by atoms with van der Waals surface area (Å²) in [6.07, 6.45) is 1.04. The van der Waals surface area contributed by atoms with Gasteiger partial charge in [-0.05, 0) is 50.1 Å². The van der Waals surface area contributed by atoms with Gasteiger partial charge in [0.25, 0.3) is 0 Å². The zero-order valence-corrected chi connectivity index (χ0v) is 13.3. The topological polar surface area (TPSA) is 21.3 Å². The van der Waals surface area contributed by atoms with Crippen LogP contribution in [0.2, 0.25) is 0 Å². The predicted octanol–water partition coefficient (Wildman–Crippen LogP) is 4.70. The van der Waals surface area contributed by atoms with Crippen molar-refractivity contribution in [1.82, 2.24) is 5.32 Å². The van der Waals surface area contributed by atoms with Gasteiger partial charge in [-0.3, -0.25) is 0 Å². The van der Waals surface area contributed by atoms with Gasteiger partial charge in [-0.2, -0.15) is 0 Å². The van der Waals surface area contributed by atoms with Crippen LogP contribution in [0.3, 0.4) is 0 Å². The maximum absolute atomic E-state index is 5.60. The summed E-state index contributed by atoms with van der Waals surface area (Å²) in [4.78, 5) is 2.75. The van der Waals surface area contributed by atoms with Crippen molar-refractivity contribution in [3.63, 3.8) is 0 Å². The van der Waals surface area contributed by atoms with Crippen LogP contribution in [-0.2, 0) is 6.54 Å². The average Bonchev–Trinajstić information content (AvgIpc) is 2.89. The Hall–Kier alpha value is -1.32. The fourth-order valence-corrected chi connectivity index (χ4v) is 2.87. The molecule has 1 aromatic carbocycles. The molecule has 2 nitrogen and oxygen atoms in total. The molecule has 0 aliphatic heterocycles. The third kappa shape index (κ3) is 4.36. The van der Waals surface area contributed by atoms with Crippen LogP contribution in [-0.4, -0.2) is 6.61 Å². The fourth-order valence-electron chi connectivity index (χ4n) is 2.02. The predicted molar refractivity (Wildman–Crippen MR) is 86.5 cm³/mol. The molecule has 0 saturated carbocycles. The minimum absolute atomic E-state index is 0.345. The van der Waals surface area contributed by atoms with E-state index in [2.05, 4.69) is 62.5 Å². The Kier molecular flexibility index (Phi) is 5.62. The van der Waals surface area contributed by atoms with Gasteiger partial charge in [0.2, 0.25) is 0 Å². The standard InChI is InChI=1S/C17H23NOS/c1-4-11-19-16-8-6-15(7-9-16)14(3)18-12-17-10-5-13(2)20-17/h5-10,14,18H,4,11-12H2,1-3H3. The van der Waals surface area contributed by atoms with Crippen molar-refractivity contribution in [2.75, 3.05) is 6.61 Å². The maximum Gasteiger partial charge on any atom is 0.119 e. The van der Waals surface area contributed by atoms with Crippen molar-refractivity contribution in [3.8, 4) is 5.75 Å². The number of ether oxygens (including phenoxy) is 1. The number of thiophene rings is 1. The number of rotatable bonds is 7. The summed E-state index contributed by atoms with van der Waals surface area (Å²) in [6, 6.07) is 13.1. The Morgan fingerprint density at radius 3 is 2.50 bits per heavy atom. The summed E-state index contributed by atoms with van der Waals surface area (Å²) < 4.78 is 5.60. The van der Waals surface area contributed by atoms with Crippen molar-refractivity contribution in [2.45, 2.75) is 39.8 Å². The van der Waals surface area contributed by atoms with Crippen LogP contribution in [0.15, 0.2) is 36.4 Å². The molecular formula is C17H23NOS. The van der Waals surface area contributed by atoms with Gasteiger partial charge >= 0.3 is 0 Å². The van der Waals surface area contributed by atoms with E-state index in [1.165, 1.54) is 15.3 Å². The third-order valence-corrected chi connectivity index (χ3v) is 4.23. The second-order valence-electron chi connectivity index (χ2n) is 5.03. The van der Waals surface area contributed by atoms with Crippen molar-refractivity contribution >= 4 is 11.3 Å². The molecule has 0 radical (unpaired) electrons. The molecule has 3 heteroatoms. The zero-order valence-electron chi connectivity index (χ0n) is 12.5. The zero-order chi connectivity index (χ0) is 14.4. The highest BCUT2D eigenvalue weighted by atomic mass is 32.1. The molecule has 0 aliphatic carbocycles. The monoisotopic (exact) mass is 289 g/mol. The summed E-state index contributed by atoms with van der Waals surface area (Å²) in [5.41, 5.74) is 1.29. The molecule has 0 spiro atoms. The first-order valence-corrected chi connectivity index (χ1v) is 8.02. The van der Waals surface area contributed by atoms with E-state index >= 15 is 0 Å². The quantitative estimate of drug-likeness (QED) is 0.798. The Balaban J connectivity index is 1.86. The van der Waals surface area contributed by atoms with Gasteiger partial charge in [0.05, 0.1) is 6.61 Å². The minimum atomic E-state index is 0.345. The Morgan fingerprint density at radius 1 is 1.15 bits per heavy atom. The molecule has 0 aliphatic rings. The Morgan fingerprint density at radius 2 is 1.90 bits per heavy atom. The summed E-state index contributed by atoms with van der Waals surface area (Å²) in [6.45, 7) is 8.17. The van der Waals surface area contributed by atoms with Crippen LogP contribution in [0.25, 0.3) is 0 Å². The van der Waals surface area contributed by atoms with Gasteiger partial charge in [-0.25, -0.2) is 0 Å². The van der Waals surface area contributed by atoms with E-state index in [4.69, 9.17) is 4.74 Å². The van der Waals surface area contributed by atoms with Crippen LogP contribution >= 0.6 is 11.3 Å². The van der Waals surface area contributed by atoms with Gasteiger partial charge in [0, 0.05) is 22.3 Å². The second kappa shape index (κ2) is 7.46. The number of benzene rings is 1. The normalized spacial score (nSPS) is 12.3. The molecule has 20 heavy (non-hydrogen) atoms. The Labute approximate surface area is 125 Å². The molecule has 1 atom stereocenters. The molecule has 0 amide bonds. The summed E-state index contributed by atoms with van der Waals surface area (Å²) in [7, 11) is 0. The van der Waals surface area contributed by atoms with E-state index < -0.39 is 0 Å². The first kappa shape index (κ1) is 15.1. The lowest BCUT2D eigenvalue weighted by Crippen LogP contribution is -2.17. The van der Waals surface area contributed by atoms with E-state index in [0.29, 0.717) is 6.04 Å². The summed E-state index contributed by atoms with van der Waals surface area (Å²) in [5, 5.41) is 3.56. The van der Waals surface area contributed by atoms with Crippen LogP contribution in [0, 0.1) is 6.92 Å². The van der Waals surface area contributed by atoms with E-state index in [1.807, 2.05) is 11.3 Å². The summed E-state index contributed by atoms with van der Waals surface area (Å²) in [5.74, 6) is 0.955. The van der Waals surface area contributed by atoms with Gasteiger partial charge in [-0.1, -0.05) is 19.1 Å². The number of aryl methyl sites for hydroxylation is 1. The molecule has 1 N–H and O–H groups in total. The first-order valence-electron chi connectivity index (χ1n) is 7.20. The molecule has 0 fully saturated rings.